The summed E-state index contributed by atoms with van der Waals surface area (Å²) in [6, 6.07) is 9.57. The van der Waals surface area contributed by atoms with Gasteiger partial charge in [0.15, 0.2) is 0 Å². The van der Waals surface area contributed by atoms with Gasteiger partial charge in [0.1, 0.15) is 17.1 Å². The third kappa shape index (κ3) is 2.57. The Morgan fingerprint density at radius 3 is 2.37 bits per heavy atom. The van der Waals surface area contributed by atoms with E-state index in [0.29, 0.717) is 16.7 Å². The molecule has 0 saturated carbocycles. The number of rotatable bonds is 3. The molecule has 0 amide bonds. The topological polar surface area (TPSA) is 46.5 Å². The minimum Gasteiger partial charge on any atom is -0.496 e. The zero-order valence-electron chi connectivity index (χ0n) is 10.6. The number of ether oxygens (including phenoxy) is 1. The van der Waals surface area contributed by atoms with Crippen molar-refractivity contribution in [2.45, 2.75) is 6.92 Å². The molecule has 98 valence electrons. The van der Waals surface area contributed by atoms with Gasteiger partial charge in [-0.05, 0) is 41.8 Å². The van der Waals surface area contributed by atoms with E-state index in [-0.39, 0.29) is 17.1 Å². The van der Waals surface area contributed by atoms with Gasteiger partial charge in [0.2, 0.25) is 0 Å². The van der Waals surface area contributed by atoms with Crippen molar-refractivity contribution in [3.05, 3.63) is 53.3 Å². The van der Waals surface area contributed by atoms with E-state index in [2.05, 4.69) is 0 Å². The summed E-state index contributed by atoms with van der Waals surface area (Å²) >= 11 is 0. The van der Waals surface area contributed by atoms with Gasteiger partial charge in [-0.25, -0.2) is 9.18 Å². The second-order valence-electron chi connectivity index (χ2n) is 4.18. The molecule has 0 bridgehead atoms. The van der Waals surface area contributed by atoms with Crippen molar-refractivity contribution in [3.63, 3.8) is 0 Å². The number of benzene rings is 2. The SMILES string of the molecule is COc1cc(-c2ccc(C)c(F)c2)ccc1C(=O)O. The Labute approximate surface area is 110 Å². The van der Waals surface area contributed by atoms with Crippen LogP contribution in [0.15, 0.2) is 36.4 Å². The molecule has 19 heavy (non-hydrogen) atoms. The first kappa shape index (κ1) is 13.1. The van der Waals surface area contributed by atoms with Crippen LogP contribution >= 0.6 is 0 Å². The van der Waals surface area contributed by atoms with Crippen molar-refractivity contribution in [1.29, 1.82) is 0 Å². The van der Waals surface area contributed by atoms with Crippen LogP contribution in [0.3, 0.4) is 0 Å². The molecule has 0 saturated heterocycles. The molecule has 0 heterocycles. The quantitative estimate of drug-likeness (QED) is 0.918. The van der Waals surface area contributed by atoms with Crippen LogP contribution in [0.2, 0.25) is 0 Å². The summed E-state index contributed by atoms with van der Waals surface area (Å²) in [5.41, 5.74) is 2.04. The molecule has 0 aliphatic carbocycles. The largest absolute Gasteiger partial charge is 0.496 e. The fourth-order valence-corrected chi connectivity index (χ4v) is 1.82. The monoisotopic (exact) mass is 260 g/mol. The lowest BCUT2D eigenvalue weighted by molar-refractivity contribution is 0.0693. The lowest BCUT2D eigenvalue weighted by Gasteiger charge is -2.09. The van der Waals surface area contributed by atoms with Crippen molar-refractivity contribution in [3.8, 4) is 16.9 Å². The van der Waals surface area contributed by atoms with Gasteiger partial charge in [-0.1, -0.05) is 18.2 Å². The minimum absolute atomic E-state index is 0.0823. The molecule has 4 heteroatoms. The molecule has 2 aromatic rings. The number of aryl methyl sites for hydroxylation is 1. The molecule has 0 aliphatic heterocycles. The minimum atomic E-state index is -1.06. The highest BCUT2D eigenvalue weighted by Crippen LogP contribution is 2.28. The number of carbonyl (C=O) groups is 1. The van der Waals surface area contributed by atoms with Gasteiger partial charge in [-0.15, -0.1) is 0 Å². The normalized spacial score (nSPS) is 10.3. The van der Waals surface area contributed by atoms with Crippen molar-refractivity contribution in [2.75, 3.05) is 7.11 Å². The Balaban J connectivity index is 2.51. The molecule has 0 unspecified atom stereocenters. The Morgan fingerprint density at radius 2 is 1.79 bits per heavy atom. The molecular weight excluding hydrogens is 247 g/mol. The van der Waals surface area contributed by atoms with E-state index in [1.807, 2.05) is 0 Å². The summed E-state index contributed by atoms with van der Waals surface area (Å²) in [7, 11) is 1.40. The van der Waals surface area contributed by atoms with Crippen molar-refractivity contribution >= 4 is 5.97 Å². The van der Waals surface area contributed by atoms with Gasteiger partial charge >= 0.3 is 5.97 Å². The van der Waals surface area contributed by atoms with Crippen LogP contribution in [0.1, 0.15) is 15.9 Å². The van der Waals surface area contributed by atoms with E-state index in [4.69, 9.17) is 9.84 Å². The van der Waals surface area contributed by atoms with E-state index < -0.39 is 5.97 Å². The van der Waals surface area contributed by atoms with Crippen LogP contribution in [0.5, 0.6) is 5.75 Å². The summed E-state index contributed by atoms with van der Waals surface area (Å²) in [6.45, 7) is 1.69. The summed E-state index contributed by atoms with van der Waals surface area (Å²) < 4.78 is 18.6. The first-order valence-electron chi connectivity index (χ1n) is 5.71. The highest BCUT2D eigenvalue weighted by Gasteiger charge is 2.12. The van der Waals surface area contributed by atoms with Crippen LogP contribution in [0.4, 0.5) is 4.39 Å². The first-order chi connectivity index (χ1) is 9.02. The number of methoxy groups -OCH3 is 1. The van der Waals surface area contributed by atoms with Gasteiger partial charge in [-0.3, -0.25) is 0 Å². The molecule has 0 fully saturated rings. The molecule has 1 N–H and O–H groups in total. The highest BCUT2D eigenvalue weighted by atomic mass is 19.1. The maximum Gasteiger partial charge on any atom is 0.339 e. The van der Waals surface area contributed by atoms with E-state index in [1.165, 1.54) is 19.2 Å². The third-order valence-electron chi connectivity index (χ3n) is 2.94. The molecule has 0 atom stereocenters. The number of halogens is 1. The third-order valence-corrected chi connectivity index (χ3v) is 2.94. The predicted octanol–water partition coefficient (Wildman–Crippen LogP) is 3.51. The van der Waals surface area contributed by atoms with Crippen molar-refractivity contribution < 1.29 is 19.0 Å². The van der Waals surface area contributed by atoms with Crippen LogP contribution in [0, 0.1) is 12.7 Å². The van der Waals surface area contributed by atoms with E-state index in [0.717, 1.165) is 0 Å². The van der Waals surface area contributed by atoms with E-state index in [1.54, 1.807) is 31.2 Å². The Morgan fingerprint density at radius 1 is 1.16 bits per heavy atom. The van der Waals surface area contributed by atoms with E-state index in [9.17, 15) is 9.18 Å². The summed E-state index contributed by atoms with van der Waals surface area (Å²) in [6.07, 6.45) is 0. The zero-order valence-corrected chi connectivity index (χ0v) is 10.6. The Bertz CT molecular complexity index is 635. The standard InChI is InChI=1S/C15H13FO3/c1-9-3-4-10(7-13(9)16)11-5-6-12(15(17)18)14(8-11)19-2/h3-8H,1-2H3,(H,17,18). The first-order valence-corrected chi connectivity index (χ1v) is 5.71. The second-order valence-corrected chi connectivity index (χ2v) is 4.18. The molecule has 0 spiro atoms. The fourth-order valence-electron chi connectivity index (χ4n) is 1.82. The van der Waals surface area contributed by atoms with Crippen LogP contribution in [0.25, 0.3) is 11.1 Å². The molecule has 2 aromatic carbocycles. The van der Waals surface area contributed by atoms with Gasteiger partial charge in [0.05, 0.1) is 7.11 Å². The lowest BCUT2D eigenvalue weighted by Crippen LogP contribution is -2.00. The van der Waals surface area contributed by atoms with Gasteiger partial charge in [0, 0.05) is 0 Å². The summed E-state index contributed by atoms with van der Waals surface area (Å²) in [5.74, 6) is -1.09. The number of hydrogen-bond acceptors (Lipinski definition) is 2. The lowest BCUT2D eigenvalue weighted by atomic mass is 10.0. The summed E-state index contributed by atoms with van der Waals surface area (Å²) in [4.78, 5) is 11.0. The smallest absolute Gasteiger partial charge is 0.339 e. The van der Waals surface area contributed by atoms with Crippen LogP contribution < -0.4 is 4.74 Å². The number of hydrogen-bond donors (Lipinski definition) is 1. The molecular formula is C15H13FO3. The molecule has 0 radical (unpaired) electrons. The number of aromatic carboxylic acids is 1. The maximum atomic E-state index is 13.5. The summed E-state index contributed by atoms with van der Waals surface area (Å²) in [5, 5.41) is 9.00. The molecule has 0 aliphatic rings. The van der Waals surface area contributed by atoms with Crippen molar-refractivity contribution in [2.24, 2.45) is 0 Å². The van der Waals surface area contributed by atoms with Gasteiger partial charge in [-0.2, -0.15) is 0 Å². The van der Waals surface area contributed by atoms with Gasteiger partial charge in [0.25, 0.3) is 0 Å². The van der Waals surface area contributed by atoms with Crippen molar-refractivity contribution in [1.82, 2.24) is 0 Å². The predicted molar refractivity (Wildman–Crippen MR) is 70.1 cm³/mol. The molecule has 2 rings (SSSR count). The highest BCUT2D eigenvalue weighted by molar-refractivity contribution is 5.92. The molecule has 0 aromatic heterocycles. The number of carboxylic acid groups (broad SMARTS) is 1. The Hall–Kier alpha value is -2.36. The zero-order chi connectivity index (χ0) is 14.0. The fraction of sp³-hybridized carbons (Fsp3) is 0.133. The van der Waals surface area contributed by atoms with Crippen LogP contribution in [-0.4, -0.2) is 18.2 Å². The van der Waals surface area contributed by atoms with E-state index >= 15 is 0 Å². The Kier molecular flexibility index (Phi) is 3.51. The second kappa shape index (κ2) is 5.10. The average molecular weight is 260 g/mol. The van der Waals surface area contributed by atoms with Crippen LogP contribution in [-0.2, 0) is 0 Å². The average Bonchev–Trinajstić information content (AvgIpc) is 2.41. The number of carboxylic acids is 1. The molecule has 3 nitrogen and oxygen atoms in total. The maximum absolute atomic E-state index is 13.5. The van der Waals surface area contributed by atoms with Gasteiger partial charge < -0.3 is 9.84 Å².